The van der Waals surface area contributed by atoms with Gasteiger partial charge in [0.2, 0.25) is 0 Å². The van der Waals surface area contributed by atoms with Crippen LogP contribution in [0.5, 0.6) is 11.5 Å². The van der Waals surface area contributed by atoms with E-state index in [0.29, 0.717) is 37.4 Å². The van der Waals surface area contributed by atoms with E-state index in [0.717, 1.165) is 97.9 Å². The zero-order chi connectivity index (χ0) is 29.0. The molecular formula is C34H44BrF2NO4. The minimum Gasteiger partial charge on any atom is -1.00 e. The lowest BCUT2D eigenvalue weighted by molar-refractivity contribution is -0.546. The van der Waals surface area contributed by atoms with Crippen LogP contribution in [0, 0.1) is 11.6 Å². The summed E-state index contributed by atoms with van der Waals surface area (Å²) in [6, 6.07) is 7.75. The minimum absolute atomic E-state index is 0. The zero-order valence-electron chi connectivity index (χ0n) is 24.9. The normalized spacial score (nSPS) is 12.7. The van der Waals surface area contributed by atoms with Gasteiger partial charge in [-0.2, -0.15) is 0 Å². The van der Waals surface area contributed by atoms with Crippen molar-refractivity contribution in [1.82, 2.24) is 0 Å². The van der Waals surface area contributed by atoms with Crippen LogP contribution < -0.4 is 26.5 Å². The van der Waals surface area contributed by atoms with Crippen molar-refractivity contribution in [3.05, 3.63) is 71.2 Å². The third kappa shape index (κ3) is 8.66. The third-order valence-corrected chi connectivity index (χ3v) is 7.88. The second kappa shape index (κ2) is 17.4. The summed E-state index contributed by atoms with van der Waals surface area (Å²) in [5.74, 6) is 0.640. The number of benzene rings is 2. The Morgan fingerprint density at radius 3 is 2.45 bits per heavy atom. The second-order valence-corrected chi connectivity index (χ2v) is 10.8. The van der Waals surface area contributed by atoms with E-state index in [4.69, 9.17) is 19.0 Å². The number of methoxy groups -OCH3 is 1. The van der Waals surface area contributed by atoms with Crippen LogP contribution >= 0.6 is 0 Å². The van der Waals surface area contributed by atoms with E-state index in [1.54, 1.807) is 19.6 Å². The standard InChI is InChI=1S/C34H44F2NO4.BrH/c1-3-4-5-9-12-32-30-22-29(25-16-20-40-24-25)33(39-2)34(41-19-11-8-6-7-10-18-38)28(30)15-17-37(32)23-26-21-27(35)13-14-31(26)36;/h13-14,16,20-22,24,38H,3-12,15,17-19,23H2,1-2H3;1H/q+1;/p-1. The van der Waals surface area contributed by atoms with Gasteiger partial charge in [-0.1, -0.05) is 45.4 Å². The minimum atomic E-state index is -0.428. The van der Waals surface area contributed by atoms with E-state index in [9.17, 15) is 8.78 Å². The molecule has 0 bridgehead atoms. The molecule has 1 aliphatic heterocycles. The molecule has 0 fully saturated rings. The lowest BCUT2D eigenvalue weighted by Crippen LogP contribution is -3.00. The highest BCUT2D eigenvalue weighted by atomic mass is 79.9. The number of unbranched alkanes of at least 4 members (excludes halogenated alkanes) is 7. The molecule has 4 rings (SSSR count). The summed E-state index contributed by atoms with van der Waals surface area (Å²) in [4.78, 5) is 0. The molecule has 1 aromatic heterocycles. The molecule has 3 aromatic rings. The van der Waals surface area contributed by atoms with Gasteiger partial charge in [0.15, 0.2) is 23.8 Å². The van der Waals surface area contributed by atoms with Gasteiger partial charge in [-0.3, -0.25) is 0 Å². The van der Waals surface area contributed by atoms with Gasteiger partial charge < -0.3 is 36.0 Å². The molecule has 0 unspecified atom stereocenters. The zero-order valence-corrected chi connectivity index (χ0v) is 26.5. The predicted molar refractivity (Wildman–Crippen MR) is 158 cm³/mol. The number of furan rings is 1. The van der Waals surface area contributed by atoms with Crippen LogP contribution in [0.3, 0.4) is 0 Å². The van der Waals surface area contributed by atoms with Gasteiger partial charge in [-0.05, 0) is 49.6 Å². The van der Waals surface area contributed by atoms with Crippen LogP contribution in [0.2, 0.25) is 0 Å². The summed E-state index contributed by atoms with van der Waals surface area (Å²) in [6.07, 6.45) is 14.2. The van der Waals surface area contributed by atoms with Gasteiger partial charge in [0.1, 0.15) is 18.2 Å². The maximum atomic E-state index is 14.7. The summed E-state index contributed by atoms with van der Waals surface area (Å²) >= 11 is 0. The van der Waals surface area contributed by atoms with Gasteiger partial charge >= 0.3 is 0 Å². The average Bonchev–Trinajstić information content (AvgIpc) is 3.52. The number of rotatable bonds is 17. The average molecular weight is 649 g/mol. The highest BCUT2D eigenvalue weighted by Crippen LogP contribution is 2.44. The van der Waals surface area contributed by atoms with E-state index >= 15 is 0 Å². The molecule has 230 valence electrons. The number of aliphatic hydroxyl groups excluding tert-OH is 1. The van der Waals surface area contributed by atoms with E-state index in [1.165, 1.54) is 18.2 Å². The Morgan fingerprint density at radius 2 is 1.71 bits per heavy atom. The number of aliphatic hydroxyl groups is 1. The molecule has 2 heterocycles. The number of hydrogen-bond donors (Lipinski definition) is 1. The highest BCUT2D eigenvalue weighted by Gasteiger charge is 2.32. The molecule has 0 atom stereocenters. The number of hydrogen-bond acceptors (Lipinski definition) is 4. The van der Waals surface area contributed by atoms with E-state index in [-0.39, 0.29) is 29.4 Å². The molecule has 0 saturated heterocycles. The van der Waals surface area contributed by atoms with Crippen LogP contribution in [0.25, 0.3) is 11.1 Å². The van der Waals surface area contributed by atoms with Crippen molar-refractivity contribution >= 4 is 5.71 Å². The fraction of sp³-hybridized carbons (Fsp3) is 0.500. The van der Waals surface area contributed by atoms with Crippen LogP contribution in [0.1, 0.15) is 87.8 Å². The van der Waals surface area contributed by atoms with E-state index in [2.05, 4.69) is 17.6 Å². The molecule has 2 aromatic carbocycles. The summed E-state index contributed by atoms with van der Waals surface area (Å²) in [5.41, 5.74) is 5.48. The SMILES string of the molecule is CCCCCCC1=[N+](Cc2cc(F)ccc2F)CCc2c1cc(-c1ccoc1)c(OC)c2OCCCCCCCO.[Br-]. The summed E-state index contributed by atoms with van der Waals surface area (Å²) in [5, 5.41) is 9.04. The van der Waals surface area contributed by atoms with Crippen molar-refractivity contribution in [3.8, 4) is 22.6 Å². The molecule has 0 spiro atoms. The van der Waals surface area contributed by atoms with Crippen LogP contribution in [-0.4, -0.2) is 42.3 Å². The molecule has 0 aliphatic carbocycles. The van der Waals surface area contributed by atoms with Crippen LogP contribution in [0.4, 0.5) is 8.78 Å². The van der Waals surface area contributed by atoms with Crippen molar-refractivity contribution in [1.29, 1.82) is 0 Å². The topological polar surface area (TPSA) is 54.8 Å². The Kier molecular flexibility index (Phi) is 14.0. The number of fused-ring (bicyclic) bond motifs is 1. The maximum absolute atomic E-state index is 14.7. The van der Waals surface area contributed by atoms with Crippen molar-refractivity contribution in [3.63, 3.8) is 0 Å². The maximum Gasteiger partial charge on any atom is 0.184 e. The van der Waals surface area contributed by atoms with Crippen LogP contribution in [-0.2, 0) is 13.0 Å². The fourth-order valence-corrected chi connectivity index (χ4v) is 5.70. The Morgan fingerprint density at radius 1 is 0.929 bits per heavy atom. The van der Waals surface area contributed by atoms with Crippen LogP contribution in [0.15, 0.2) is 47.3 Å². The first-order chi connectivity index (χ1) is 20.1. The number of halogens is 3. The molecule has 1 aliphatic rings. The monoisotopic (exact) mass is 647 g/mol. The first kappa shape index (κ1) is 33.8. The molecule has 8 heteroatoms. The number of nitrogens with zero attached hydrogens (tertiary/aromatic N) is 1. The second-order valence-electron chi connectivity index (χ2n) is 10.8. The summed E-state index contributed by atoms with van der Waals surface area (Å²) in [7, 11) is 1.67. The van der Waals surface area contributed by atoms with Crippen molar-refractivity contribution in [2.24, 2.45) is 0 Å². The molecule has 0 amide bonds. The fourth-order valence-electron chi connectivity index (χ4n) is 5.70. The van der Waals surface area contributed by atoms with E-state index in [1.807, 2.05) is 6.07 Å². The Hall–Kier alpha value is -2.71. The Bertz CT molecular complexity index is 1290. The Balaban J connectivity index is 0.00000484. The molecule has 1 N–H and O–H groups in total. The summed E-state index contributed by atoms with van der Waals surface area (Å²) in [6.45, 7) is 3.99. The lowest BCUT2D eigenvalue weighted by atomic mass is 9.88. The molecule has 0 saturated carbocycles. The van der Waals surface area contributed by atoms with Crippen molar-refractivity contribution in [2.75, 3.05) is 26.9 Å². The lowest BCUT2D eigenvalue weighted by Gasteiger charge is -2.25. The van der Waals surface area contributed by atoms with Gasteiger partial charge in [0, 0.05) is 41.7 Å². The molecule has 42 heavy (non-hydrogen) atoms. The van der Waals surface area contributed by atoms with Gasteiger partial charge in [-0.15, -0.1) is 0 Å². The predicted octanol–water partition coefficient (Wildman–Crippen LogP) is 5.09. The van der Waals surface area contributed by atoms with Crippen molar-refractivity contribution in [2.45, 2.75) is 84.1 Å². The van der Waals surface area contributed by atoms with Gasteiger partial charge in [0.05, 0.1) is 31.8 Å². The molecular weight excluding hydrogens is 604 g/mol. The largest absolute Gasteiger partial charge is 1.00 e. The third-order valence-electron chi connectivity index (χ3n) is 7.88. The number of ether oxygens (including phenoxy) is 2. The smallest absolute Gasteiger partial charge is 0.184 e. The quantitative estimate of drug-likeness (QED) is 0.164. The first-order valence-corrected chi connectivity index (χ1v) is 15.1. The van der Waals surface area contributed by atoms with E-state index < -0.39 is 5.82 Å². The molecule has 5 nitrogen and oxygen atoms in total. The van der Waals surface area contributed by atoms with Gasteiger partial charge in [-0.25, -0.2) is 13.4 Å². The van der Waals surface area contributed by atoms with Gasteiger partial charge in [0.25, 0.3) is 0 Å². The molecule has 0 radical (unpaired) electrons. The first-order valence-electron chi connectivity index (χ1n) is 15.1. The van der Waals surface area contributed by atoms with Crippen molar-refractivity contribution < 1.29 is 49.3 Å². The highest BCUT2D eigenvalue weighted by molar-refractivity contribution is 6.01. The summed E-state index contributed by atoms with van der Waals surface area (Å²) < 4.78 is 48.9. The Labute approximate surface area is 259 Å².